The predicted octanol–water partition coefficient (Wildman–Crippen LogP) is 5.75. The third-order valence-electron chi connectivity index (χ3n) is 3.77. The molecule has 0 saturated heterocycles. The summed E-state index contributed by atoms with van der Waals surface area (Å²) in [5, 5.41) is 9.46. The van der Waals surface area contributed by atoms with E-state index < -0.39 is 5.82 Å². The van der Waals surface area contributed by atoms with E-state index in [-0.39, 0.29) is 17.4 Å². The standard InChI is InChI=1S/C18H15Cl2F2N3OS/c1-2-25-17(9-26-16-7-6-11(21)8-14(16)20)23-24-18(25)27-10-12-13(19)4-3-5-15(12)22/h3-8H,2,9-10H2,1H3. The largest absolute Gasteiger partial charge is 0.484 e. The number of benzene rings is 2. The van der Waals surface area contributed by atoms with E-state index in [2.05, 4.69) is 10.2 Å². The number of thioether (sulfide) groups is 1. The smallest absolute Gasteiger partial charge is 0.191 e. The molecule has 0 saturated carbocycles. The van der Waals surface area contributed by atoms with Crippen molar-refractivity contribution in [3.05, 3.63) is 69.5 Å². The van der Waals surface area contributed by atoms with Gasteiger partial charge in [-0.05, 0) is 37.3 Å². The Balaban J connectivity index is 1.71. The molecule has 0 radical (unpaired) electrons. The molecule has 1 aromatic heterocycles. The van der Waals surface area contributed by atoms with Crippen molar-refractivity contribution in [1.82, 2.24) is 14.8 Å². The van der Waals surface area contributed by atoms with Gasteiger partial charge in [-0.3, -0.25) is 0 Å². The molecule has 0 atom stereocenters. The molecular weight excluding hydrogens is 415 g/mol. The fourth-order valence-electron chi connectivity index (χ4n) is 2.39. The highest BCUT2D eigenvalue weighted by Crippen LogP contribution is 2.29. The van der Waals surface area contributed by atoms with Gasteiger partial charge in [-0.25, -0.2) is 8.78 Å². The predicted molar refractivity (Wildman–Crippen MR) is 102 cm³/mol. The van der Waals surface area contributed by atoms with Gasteiger partial charge in [0.25, 0.3) is 0 Å². The fourth-order valence-corrected chi connectivity index (χ4v) is 3.98. The minimum atomic E-state index is -0.436. The Kier molecular flexibility index (Phi) is 6.57. The molecule has 0 aliphatic rings. The zero-order valence-electron chi connectivity index (χ0n) is 14.3. The summed E-state index contributed by atoms with van der Waals surface area (Å²) in [7, 11) is 0. The zero-order chi connectivity index (χ0) is 19.4. The molecule has 27 heavy (non-hydrogen) atoms. The number of hydrogen-bond donors (Lipinski definition) is 0. The van der Waals surface area contributed by atoms with Crippen molar-refractivity contribution in [2.75, 3.05) is 0 Å². The van der Waals surface area contributed by atoms with Crippen molar-refractivity contribution in [2.45, 2.75) is 31.0 Å². The average Bonchev–Trinajstić information content (AvgIpc) is 3.02. The number of hydrogen-bond acceptors (Lipinski definition) is 4. The van der Waals surface area contributed by atoms with Crippen molar-refractivity contribution in [1.29, 1.82) is 0 Å². The quantitative estimate of drug-likeness (QED) is 0.448. The van der Waals surface area contributed by atoms with E-state index in [4.69, 9.17) is 27.9 Å². The van der Waals surface area contributed by atoms with E-state index in [1.165, 1.54) is 36.0 Å². The van der Waals surface area contributed by atoms with Gasteiger partial charge < -0.3 is 9.30 Å². The van der Waals surface area contributed by atoms with Crippen LogP contribution in [0.4, 0.5) is 8.78 Å². The Morgan fingerprint density at radius 3 is 2.63 bits per heavy atom. The second-order valence-corrected chi connectivity index (χ2v) is 7.25. The normalized spacial score (nSPS) is 11.0. The van der Waals surface area contributed by atoms with E-state index in [9.17, 15) is 8.78 Å². The molecule has 2 aromatic carbocycles. The van der Waals surface area contributed by atoms with Crippen LogP contribution in [0.1, 0.15) is 18.3 Å². The molecule has 0 fully saturated rings. The molecular formula is C18H15Cl2F2N3OS. The van der Waals surface area contributed by atoms with E-state index >= 15 is 0 Å². The van der Waals surface area contributed by atoms with Gasteiger partial charge in [0.2, 0.25) is 0 Å². The van der Waals surface area contributed by atoms with E-state index in [1.54, 1.807) is 12.1 Å². The first-order valence-electron chi connectivity index (χ1n) is 8.05. The molecule has 0 aliphatic carbocycles. The highest BCUT2D eigenvalue weighted by molar-refractivity contribution is 7.98. The highest BCUT2D eigenvalue weighted by Gasteiger charge is 2.15. The molecule has 0 N–H and O–H groups in total. The number of nitrogens with zero attached hydrogens (tertiary/aromatic N) is 3. The molecule has 3 aromatic rings. The Morgan fingerprint density at radius 2 is 1.93 bits per heavy atom. The molecule has 142 valence electrons. The summed E-state index contributed by atoms with van der Waals surface area (Å²) in [6, 6.07) is 8.50. The van der Waals surface area contributed by atoms with Crippen molar-refractivity contribution in [2.24, 2.45) is 0 Å². The molecule has 0 bridgehead atoms. The average molecular weight is 430 g/mol. The van der Waals surface area contributed by atoms with Crippen LogP contribution in [0.5, 0.6) is 5.75 Å². The maximum absolute atomic E-state index is 13.9. The van der Waals surface area contributed by atoms with Gasteiger partial charge in [-0.15, -0.1) is 10.2 Å². The van der Waals surface area contributed by atoms with Gasteiger partial charge in [-0.2, -0.15) is 0 Å². The first-order valence-corrected chi connectivity index (χ1v) is 9.79. The lowest BCUT2D eigenvalue weighted by molar-refractivity contribution is 0.288. The van der Waals surface area contributed by atoms with Gasteiger partial charge in [0, 0.05) is 22.9 Å². The number of rotatable bonds is 7. The molecule has 4 nitrogen and oxygen atoms in total. The molecule has 1 heterocycles. The first-order chi connectivity index (χ1) is 13.0. The summed E-state index contributed by atoms with van der Waals surface area (Å²) in [5.74, 6) is 0.478. The molecule has 0 unspecified atom stereocenters. The summed E-state index contributed by atoms with van der Waals surface area (Å²) in [5.41, 5.74) is 0.422. The molecule has 3 rings (SSSR count). The lowest BCUT2D eigenvalue weighted by Gasteiger charge is -2.10. The second kappa shape index (κ2) is 8.91. The summed E-state index contributed by atoms with van der Waals surface area (Å²) in [4.78, 5) is 0. The van der Waals surface area contributed by atoms with Crippen molar-refractivity contribution in [3.8, 4) is 5.75 Å². The molecule has 0 spiro atoms. The molecule has 9 heteroatoms. The minimum Gasteiger partial charge on any atom is -0.484 e. The van der Waals surface area contributed by atoms with E-state index in [1.807, 2.05) is 11.5 Å². The zero-order valence-corrected chi connectivity index (χ0v) is 16.6. The van der Waals surface area contributed by atoms with Crippen LogP contribution in [0.2, 0.25) is 10.0 Å². The fraction of sp³-hybridized carbons (Fsp3) is 0.222. The van der Waals surface area contributed by atoms with Gasteiger partial charge >= 0.3 is 0 Å². The van der Waals surface area contributed by atoms with Crippen LogP contribution >= 0.6 is 35.0 Å². The van der Waals surface area contributed by atoms with Crippen LogP contribution in [0.25, 0.3) is 0 Å². The maximum atomic E-state index is 13.9. The van der Waals surface area contributed by atoms with Gasteiger partial charge in [0.1, 0.15) is 24.0 Å². The van der Waals surface area contributed by atoms with Crippen molar-refractivity contribution < 1.29 is 13.5 Å². The first kappa shape index (κ1) is 19.9. The summed E-state index contributed by atoms with van der Waals surface area (Å²) in [6.45, 7) is 2.67. The van der Waals surface area contributed by atoms with Crippen molar-refractivity contribution >= 4 is 35.0 Å². The molecule has 0 amide bonds. The lowest BCUT2D eigenvalue weighted by atomic mass is 10.2. The topological polar surface area (TPSA) is 39.9 Å². The Hall–Kier alpha value is -1.83. The maximum Gasteiger partial charge on any atom is 0.191 e. The monoisotopic (exact) mass is 429 g/mol. The summed E-state index contributed by atoms with van der Waals surface area (Å²) >= 11 is 13.4. The number of halogens is 4. The Morgan fingerprint density at radius 1 is 1.11 bits per heavy atom. The van der Waals surface area contributed by atoms with Crippen LogP contribution < -0.4 is 4.74 Å². The van der Waals surface area contributed by atoms with Gasteiger partial charge in [0.15, 0.2) is 11.0 Å². The Bertz CT molecular complexity index is 932. The lowest BCUT2D eigenvalue weighted by Crippen LogP contribution is -2.07. The number of ether oxygens (including phenoxy) is 1. The van der Waals surface area contributed by atoms with Crippen LogP contribution in [0.15, 0.2) is 41.6 Å². The van der Waals surface area contributed by atoms with Crippen LogP contribution in [0, 0.1) is 11.6 Å². The Labute approximate surface area is 169 Å². The third kappa shape index (κ3) is 4.72. The van der Waals surface area contributed by atoms with Crippen molar-refractivity contribution in [3.63, 3.8) is 0 Å². The summed E-state index contributed by atoms with van der Waals surface area (Å²) in [6.07, 6.45) is 0. The van der Waals surface area contributed by atoms with Gasteiger partial charge in [0.05, 0.1) is 5.02 Å². The summed E-state index contributed by atoms with van der Waals surface area (Å²) < 4.78 is 34.5. The SMILES string of the molecule is CCn1c(COc2ccc(F)cc2Cl)nnc1SCc1c(F)cccc1Cl. The molecule has 0 aliphatic heterocycles. The van der Waals surface area contributed by atoms with Gasteiger partial charge in [-0.1, -0.05) is 41.0 Å². The van der Waals surface area contributed by atoms with E-state index in [0.717, 1.165) is 0 Å². The van der Waals surface area contributed by atoms with Crippen LogP contribution in [-0.2, 0) is 18.9 Å². The van der Waals surface area contributed by atoms with Crippen LogP contribution in [-0.4, -0.2) is 14.8 Å². The highest BCUT2D eigenvalue weighted by atomic mass is 35.5. The number of aromatic nitrogens is 3. The van der Waals surface area contributed by atoms with E-state index in [0.29, 0.717) is 39.6 Å². The van der Waals surface area contributed by atoms with Crippen LogP contribution in [0.3, 0.4) is 0 Å². The minimum absolute atomic E-state index is 0.118. The third-order valence-corrected chi connectivity index (χ3v) is 5.41. The second-order valence-electron chi connectivity index (χ2n) is 5.50.